The molecular weight excluding hydrogens is 520 g/mol. The predicted octanol–water partition coefficient (Wildman–Crippen LogP) is 7.77. The van der Waals surface area contributed by atoms with Crippen molar-refractivity contribution in [2.75, 3.05) is 0 Å². The van der Waals surface area contributed by atoms with Crippen LogP contribution in [0.2, 0.25) is 0 Å². The first-order chi connectivity index (χ1) is 20.2. The highest BCUT2D eigenvalue weighted by Gasteiger charge is 2.36. The van der Waals surface area contributed by atoms with Gasteiger partial charge in [-0.15, -0.1) is 0 Å². The van der Waals surface area contributed by atoms with E-state index < -0.39 is 10.8 Å². The quantitative estimate of drug-likeness (QED) is 0.230. The van der Waals surface area contributed by atoms with Gasteiger partial charge in [-0.2, -0.15) is 0 Å². The second-order valence-corrected chi connectivity index (χ2v) is 12.0. The van der Waals surface area contributed by atoms with Crippen LogP contribution in [0.1, 0.15) is 50.2 Å². The van der Waals surface area contributed by atoms with Crippen molar-refractivity contribution < 1.29 is 10.2 Å². The highest BCUT2D eigenvalue weighted by molar-refractivity contribution is 5.79. The summed E-state index contributed by atoms with van der Waals surface area (Å²) in [6, 6.07) is 31.7. The standard InChI is InChI=1S/C36H32N4O2/c1-35(2)27-19-11-17-25(31(27)41)26-18-12-20-28(32(26)42)36(3,4)30-22-40(24-15-9-6-10-16-24)34(38-30)33-37-29(35)21-39(33)23-13-7-5-8-14-23/h5-22,41-42H,1-4H3. The fourth-order valence-electron chi connectivity index (χ4n) is 6.06. The highest BCUT2D eigenvalue weighted by Crippen LogP contribution is 2.48. The summed E-state index contributed by atoms with van der Waals surface area (Å²) in [5, 5.41) is 23.5. The number of aromatic hydroxyl groups is 2. The Kier molecular flexibility index (Phi) is 5.67. The minimum atomic E-state index is -0.682. The summed E-state index contributed by atoms with van der Waals surface area (Å²) in [6.07, 6.45) is 4.09. The molecule has 4 aromatic carbocycles. The van der Waals surface area contributed by atoms with Crippen molar-refractivity contribution in [1.82, 2.24) is 19.1 Å². The van der Waals surface area contributed by atoms with Gasteiger partial charge in [-0.3, -0.25) is 9.13 Å². The predicted molar refractivity (Wildman–Crippen MR) is 166 cm³/mol. The van der Waals surface area contributed by atoms with Gasteiger partial charge >= 0.3 is 0 Å². The smallest absolute Gasteiger partial charge is 0.181 e. The molecule has 6 heteroatoms. The van der Waals surface area contributed by atoms with E-state index in [1.165, 1.54) is 0 Å². The van der Waals surface area contributed by atoms with E-state index in [1.54, 1.807) is 0 Å². The molecule has 8 bridgehead atoms. The second kappa shape index (κ2) is 9.21. The number of imidazole rings is 2. The molecule has 2 N–H and O–H groups in total. The van der Waals surface area contributed by atoms with Crippen molar-refractivity contribution >= 4 is 0 Å². The van der Waals surface area contributed by atoms with Crippen LogP contribution in [-0.4, -0.2) is 29.3 Å². The van der Waals surface area contributed by atoms with E-state index in [0.717, 1.165) is 33.9 Å². The Morgan fingerprint density at radius 1 is 0.500 bits per heavy atom. The van der Waals surface area contributed by atoms with Crippen LogP contribution in [0.3, 0.4) is 0 Å². The van der Waals surface area contributed by atoms with E-state index in [4.69, 9.17) is 9.97 Å². The van der Waals surface area contributed by atoms with E-state index in [-0.39, 0.29) is 11.5 Å². The Hall–Kier alpha value is -5.10. The fraction of sp³-hybridized carbons (Fsp3) is 0.167. The van der Waals surface area contributed by atoms with Gasteiger partial charge in [0.25, 0.3) is 0 Å². The SMILES string of the molecule is CC1(C)c2cn(-c3ccccc3)c(n2)-c2nc(cn2-c2ccccc2)C(C)(C)c2cccc(c2O)-c2cccc1c2O. The summed E-state index contributed by atoms with van der Waals surface area (Å²) < 4.78 is 4.15. The average molecular weight is 553 g/mol. The molecule has 0 spiro atoms. The zero-order valence-electron chi connectivity index (χ0n) is 24.1. The van der Waals surface area contributed by atoms with Gasteiger partial charge in [-0.1, -0.05) is 72.8 Å². The number of para-hydroxylation sites is 4. The third-order valence-corrected chi connectivity index (χ3v) is 8.67. The first kappa shape index (κ1) is 25.8. The molecule has 0 unspecified atom stereocenters. The van der Waals surface area contributed by atoms with Gasteiger partial charge in [0.05, 0.1) is 11.4 Å². The molecule has 0 saturated carbocycles. The number of benzene rings is 4. The molecule has 0 aliphatic carbocycles. The number of nitrogens with zero attached hydrogens (tertiary/aromatic N) is 4. The number of fused-ring (bicyclic) bond motifs is 10. The number of rotatable bonds is 2. The van der Waals surface area contributed by atoms with Crippen LogP contribution in [0, 0.1) is 0 Å². The zero-order valence-corrected chi connectivity index (χ0v) is 24.1. The summed E-state index contributed by atoms with van der Waals surface area (Å²) in [5.74, 6) is 1.62. The Bertz CT molecular complexity index is 1810. The average Bonchev–Trinajstić information content (AvgIpc) is 3.64. The maximum absolute atomic E-state index is 11.7. The van der Waals surface area contributed by atoms with Crippen molar-refractivity contribution in [3.63, 3.8) is 0 Å². The van der Waals surface area contributed by atoms with Crippen LogP contribution < -0.4 is 0 Å². The Morgan fingerprint density at radius 3 is 1.26 bits per heavy atom. The summed E-state index contributed by atoms with van der Waals surface area (Å²) in [5.41, 5.74) is 4.71. The molecule has 0 atom stereocenters. The fourth-order valence-corrected chi connectivity index (χ4v) is 6.06. The lowest BCUT2D eigenvalue weighted by molar-refractivity contribution is 0.445. The zero-order chi connectivity index (χ0) is 29.2. The molecule has 0 fully saturated rings. The van der Waals surface area contributed by atoms with Crippen LogP contribution in [0.25, 0.3) is 34.2 Å². The van der Waals surface area contributed by atoms with Crippen LogP contribution in [0.4, 0.5) is 0 Å². The molecule has 1 aliphatic heterocycles. The van der Waals surface area contributed by atoms with Gasteiger partial charge in [0, 0.05) is 56.9 Å². The van der Waals surface area contributed by atoms with Crippen molar-refractivity contribution in [2.24, 2.45) is 0 Å². The minimum Gasteiger partial charge on any atom is -0.507 e. The molecule has 208 valence electrons. The maximum Gasteiger partial charge on any atom is 0.181 e. The summed E-state index contributed by atoms with van der Waals surface area (Å²) >= 11 is 0. The molecule has 0 saturated heterocycles. The Labute approximate surface area is 245 Å². The summed E-state index contributed by atoms with van der Waals surface area (Å²) in [7, 11) is 0. The lowest BCUT2D eigenvalue weighted by Gasteiger charge is -2.27. The number of phenolic OH excluding ortho intramolecular Hbond substituents is 2. The normalized spacial score (nSPS) is 14.8. The first-order valence-electron chi connectivity index (χ1n) is 14.1. The lowest BCUT2D eigenvalue weighted by Crippen LogP contribution is -2.21. The van der Waals surface area contributed by atoms with E-state index in [2.05, 4.69) is 61.1 Å². The van der Waals surface area contributed by atoms with Crippen molar-refractivity contribution in [1.29, 1.82) is 0 Å². The van der Waals surface area contributed by atoms with Crippen molar-refractivity contribution in [3.8, 4) is 45.6 Å². The molecule has 6 aromatic rings. The van der Waals surface area contributed by atoms with Gasteiger partial charge in [0.1, 0.15) is 11.5 Å². The van der Waals surface area contributed by atoms with Crippen LogP contribution in [0.15, 0.2) is 109 Å². The molecule has 0 radical (unpaired) electrons. The second-order valence-electron chi connectivity index (χ2n) is 12.0. The van der Waals surface area contributed by atoms with Crippen molar-refractivity contribution in [3.05, 3.63) is 132 Å². The number of aromatic nitrogens is 4. The molecule has 42 heavy (non-hydrogen) atoms. The topological polar surface area (TPSA) is 76.1 Å². The van der Waals surface area contributed by atoms with E-state index in [1.807, 2.05) is 85.2 Å². The monoisotopic (exact) mass is 552 g/mol. The molecule has 7 rings (SSSR count). The van der Waals surface area contributed by atoms with E-state index in [9.17, 15) is 10.2 Å². The molecule has 3 heterocycles. The van der Waals surface area contributed by atoms with Gasteiger partial charge in [-0.25, -0.2) is 9.97 Å². The molecule has 1 aliphatic rings. The first-order valence-corrected chi connectivity index (χ1v) is 14.1. The van der Waals surface area contributed by atoms with Crippen LogP contribution in [0.5, 0.6) is 11.5 Å². The van der Waals surface area contributed by atoms with Crippen molar-refractivity contribution in [2.45, 2.75) is 38.5 Å². The number of hydrogen-bond acceptors (Lipinski definition) is 4. The minimum absolute atomic E-state index is 0.131. The Morgan fingerprint density at radius 2 is 0.881 bits per heavy atom. The van der Waals surface area contributed by atoms with Gasteiger partial charge in [0.2, 0.25) is 0 Å². The molecule has 2 aromatic heterocycles. The number of hydrogen-bond donors (Lipinski definition) is 2. The third-order valence-electron chi connectivity index (χ3n) is 8.67. The van der Waals surface area contributed by atoms with Gasteiger partial charge in [-0.05, 0) is 52.0 Å². The van der Waals surface area contributed by atoms with Crippen LogP contribution in [-0.2, 0) is 10.8 Å². The van der Waals surface area contributed by atoms with E-state index in [0.29, 0.717) is 22.8 Å². The maximum atomic E-state index is 11.7. The van der Waals surface area contributed by atoms with Gasteiger partial charge in [0.15, 0.2) is 11.6 Å². The van der Waals surface area contributed by atoms with Crippen LogP contribution >= 0.6 is 0 Å². The molecular formula is C36H32N4O2. The lowest BCUT2D eigenvalue weighted by atomic mass is 9.78. The molecule has 6 nitrogen and oxygen atoms in total. The third kappa shape index (κ3) is 3.79. The molecule has 0 amide bonds. The summed E-state index contributed by atoms with van der Waals surface area (Å²) in [6.45, 7) is 8.25. The highest BCUT2D eigenvalue weighted by atomic mass is 16.3. The number of phenols is 2. The Balaban J connectivity index is 1.63. The van der Waals surface area contributed by atoms with E-state index >= 15 is 0 Å². The van der Waals surface area contributed by atoms with Gasteiger partial charge < -0.3 is 10.2 Å². The summed E-state index contributed by atoms with van der Waals surface area (Å²) in [4.78, 5) is 10.5. The largest absolute Gasteiger partial charge is 0.507 e.